The number of rotatable bonds is 4. The molecule has 0 saturated carbocycles. The van der Waals surface area contributed by atoms with Gasteiger partial charge >= 0.3 is 5.97 Å². The average molecular weight is 278 g/mol. The van der Waals surface area contributed by atoms with Gasteiger partial charge in [-0.1, -0.05) is 12.1 Å². The molecule has 108 valence electrons. The van der Waals surface area contributed by atoms with Gasteiger partial charge in [0.2, 0.25) is 0 Å². The van der Waals surface area contributed by atoms with Crippen LogP contribution >= 0.6 is 0 Å². The van der Waals surface area contributed by atoms with Crippen molar-refractivity contribution in [1.82, 2.24) is 0 Å². The Morgan fingerprint density at radius 3 is 2.65 bits per heavy atom. The fourth-order valence-electron chi connectivity index (χ4n) is 2.50. The Balaban J connectivity index is 2.04. The van der Waals surface area contributed by atoms with E-state index in [9.17, 15) is 14.9 Å². The number of hydrogen-bond donors (Lipinski definition) is 0. The summed E-state index contributed by atoms with van der Waals surface area (Å²) in [5.41, 5.74) is 0.738. The monoisotopic (exact) mass is 278 g/mol. The average Bonchev–Trinajstić information content (AvgIpc) is 2.47. The molecule has 0 unspecified atom stereocenters. The number of anilines is 1. The lowest BCUT2D eigenvalue weighted by atomic mass is 9.96. The van der Waals surface area contributed by atoms with Gasteiger partial charge in [-0.25, -0.2) is 0 Å². The lowest BCUT2D eigenvalue weighted by Gasteiger charge is -2.32. The molecule has 1 aliphatic rings. The molecule has 1 aromatic rings. The van der Waals surface area contributed by atoms with Crippen LogP contribution in [0.15, 0.2) is 24.3 Å². The van der Waals surface area contributed by atoms with E-state index in [1.807, 2.05) is 4.90 Å². The first kappa shape index (κ1) is 14.3. The van der Waals surface area contributed by atoms with Crippen molar-refractivity contribution in [3.63, 3.8) is 0 Å². The summed E-state index contributed by atoms with van der Waals surface area (Å²) in [6, 6.07) is 6.71. The highest BCUT2D eigenvalue weighted by atomic mass is 16.6. The maximum absolute atomic E-state index is 11.7. The number of esters is 1. The van der Waals surface area contributed by atoms with Crippen molar-refractivity contribution >= 4 is 17.3 Å². The summed E-state index contributed by atoms with van der Waals surface area (Å²) in [6.45, 7) is 3.45. The van der Waals surface area contributed by atoms with Gasteiger partial charge in [-0.3, -0.25) is 14.9 Å². The summed E-state index contributed by atoms with van der Waals surface area (Å²) in [4.78, 5) is 24.3. The molecule has 1 aromatic carbocycles. The standard InChI is InChI=1S/C14H18N2O4/c1-2-20-14(17)11-7-9-15(10-8-11)12-5-3-4-6-13(12)16(18)19/h3-6,11H,2,7-10H2,1H3. The quantitative estimate of drug-likeness (QED) is 0.480. The Bertz CT molecular complexity index is 496. The Hall–Kier alpha value is -2.11. The number of carbonyl (C=O) groups excluding carboxylic acids is 1. The molecule has 0 amide bonds. The van der Waals surface area contributed by atoms with E-state index in [4.69, 9.17) is 4.74 Å². The number of nitro groups is 1. The fraction of sp³-hybridized carbons (Fsp3) is 0.500. The van der Waals surface area contributed by atoms with Crippen LogP contribution in [-0.4, -0.2) is 30.6 Å². The van der Waals surface area contributed by atoms with Gasteiger partial charge in [0.25, 0.3) is 5.69 Å². The van der Waals surface area contributed by atoms with E-state index in [1.54, 1.807) is 25.1 Å². The number of carbonyl (C=O) groups is 1. The van der Waals surface area contributed by atoms with E-state index < -0.39 is 0 Å². The number of piperidine rings is 1. The zero-order valence-electron chi connectivity index (χ0n) is 11.4. The Labute approximate surface area is 117 Å². The van der Waals surface area contributed by atoms with Crippen molar-refractivity contribution in [3.05, 3.63) is 34.4 Å². The Kier molecular flexibility index (Phi) is 4.55. The van der Waals surface area contributed by atoms with Crippen molar-refractivity contribution in [3.8, 4) is 0 Å². The van der Waals surface area contributed by atoms with Crippen LogP contribution in [0.1, 0.15) is 19.8 Å². The molecule has 2 rings (SSSR count). The van der Waals surface area contributed by atoms with E-state index in [0.717, 1.165) is 0 Å². The van der Waals surface area contributed by atoms with E-state index in [2.05, 4.69) is 0 Å². The Morgan fingerprint density at radius 2 is 2.05 bits per heavy atom. The second-order valence-corrected chi connectivity index (χ2v) is 4.76. The molecule has 0 atom stereocenters. The summed E-state index contributed by atoms with van der Waals surface area (Å²) in [5, 5.41) is 11.0. The molecule has 0 spiro atoms. The molecule has 6 nitrogen and oxygen atoms in total. The number of hydrogen-bond acceptors (Lipinski definition) is 5. The zero-order valence-corrected chi connectivity index (χ0v) is 11.4. The first-order chi connectivity index (χ1) is 9.63. The molecule has 0 N–H and O–H groups in total. The number of nitro benzene ring substituents is 1. The third kappa shape index (κ3) is 3.07. The lowest BCUT2D eigenvalue weighted by Crippen LogP contribution is -2.37. The summed E-state index contributed by atoms with van der Waals surface area (Å²) >= 11 is 0. The van der Waals surface area contributed by atoms with Crippen LogP contribution < -0.4 is 4.90 Å². The van der Waals surface area contributed by atoms with Crippen molar-refractivity contribution in [1.29, 1.82) is 0 Å². The first-order valence-electron chi connectivity index (χ1n) is 6.78. The summed E-state index contributed by atoms with van der Waals surface area (Å²) in [6.07, 6.45) is 1.34. The van der Waals surface area contributed by atoms with Gasteiger partial charge in [-0.05, 0) is 25.8 Å². The van der Waals surface area contributed by atoms with Crippen molar-refractivity contribution < 1.29 is 14.5 Å². The summed E-state index contributed by atoms with van der Waals surface area (Å²) < 4.78 is 5.02. The topological polar surface area (TPSA) is 72.7 Å². The minimum absolute atomic E-state index is 0.0889. The molecule has 0 radical (unpaired) electrons. The number of ether oxygens (including phenoxy) is 1. The molecular weight excluding hydrogens is 260 g/mol. The van der Waals surface area contributed by atoms with Crippen LogP contribution in [0, 0.1) is 16.0 Å². The molecule has 1 saturated heterocycles. The van der Waals surface area contributed by atoms with Crippen LogP contribution in [0.4, 0.5) is 11.4 Å². The SMILES string of the molecule is CCOC(=O)C1CCN(c2ccccc2[N+](=O)[O-])CC1. The maximum atomic E-state index is 11.7. The highest BCUT2D eigenvalue weighted by molar-refractivity contribution is 5.73. The third-order valence-corrected chi connectivity index (χ3v) is 3.53. The summed E-state index contributed by atoms with van der Waals surface area (Å²) in [5.74, 6) is -0.247. The van der Waals surface area contributed by atoms with Crippen LogP contribution in [-0.2, 0) is 9.53 Å². The molecule has 1 fully saturated rings. The van der Waals surface area contributed by atoms with Crippen LogP contribution in [0.25, 0.3) is 0 Å². The van der Waals surface area contributed by atoms with Crippen LogP contribution in [0.5, 0.6) is 0 Å². The smallest absolute Gasteiger partial charge is 0.309 e. The van der Waals surface area contributed by atoms with Gasteiger partial charge in [0.15, 0.2) is 0 Å². The second kappa shape index (κ2) is 6.36. The molecule has 0 bridgehead atoms. The zero-order chi connectivity index (χ0) is 14.5. The predicted molar refractivity (Wildman–Crippen MR) is 74.7 cm³/mol. The van der Waals surface area contributed by atoms with Gasteiger partial charge in [-0.2, -0.15) is 0 Å². The third-order valence-electron chi connectivity index (χ3n) is 3.53. The van der Waals surface area contributed by atoms with Crippen molar-refractivity contribution in [2.24, 2.45) is 5.92 Å². The normalized spacial score (nSPS) is 15.9. The van der Waals surface area contributed by atoms with Crippen LogP contribution in [0.3, 0.4) is 0 Å². The van der Waals surface area contributed by atoms with E-state index in [0.29, 0.717) is 38.2 Å². The van der Waals surface area contributed by atoms with Gasteiger partial charge < -0.3 is 9.64 Å². The van der Waals surface area contributed by atoms with E-state index >= 15 is 0 Å². The fourth-order valence-corrected chi connectivity index (χ4v) is 2.50. The molecular formula is C14H18N2O4. The van der Waals surface area contributed by atoms with Gasteiger partial charge in [0, 0.05) is 19.2 Å². The van der Waals surface area contributed by atoms with Crippen molar-refractivity contribution in [2.75, 3.05) is 24.6 Å². The Morgan fingerprint density at radius 1 is 1.40 bits per heavy atom. The minimum atomic E-state index is -0.368. The van der Waals surface area contributed by atoms with Gasteiger partial charge in [-0.15, -0.1) is 0 Å². The second-order valence-electron chi connectivity index (χ2n) is 4.76. The van der Waals surface area contributed by atoms with Gasteiger partial charge in [0.1, 0.15) is 5.69 Å². The number of benzene rings is 1. The molecule has 1 aliphatic heterocycles. The molecule has 0 aliphatic carbocycles. The van der Waals surface area contributed by atoms with Gasteiger partial charge in [0.05, 0.1) is 17.4 Å². The number of nitrogens with zero attached hydrogens (tertiary/aromatic N) is 2. The predicted octanol–water partition coefficient (Wildman–Crippen LogP) is 2.37. The van der Waals surface area contributed by atoms with Crippen LogP contribution in [0.2, 0.25) is 0 Å². The largest absolute Gasteiger partial charge is 0.466 e. The highest BCUT2D eigenvalue weighted by Gasteiger charge is 2.28. The van der Waals surface area contributed by atoms with E-state index in [-0.39, 0.29) is 22.5 Å². The molecule has 1 heterocycles. The highest BCUT2D eigenvalue weighted by Crippen LogP contribution is 2.31. The maximum Gasteiger partial charge on any atom is 0.309 e. The number of para-hydroxylation sites is 2. The molecule has 6 heteroatoms. The summed E-state index contributed by atoms with van der Waals surface area (Å²) in [7, 11) is 0. The first-order valence-corrected chi connectivity index (χ1v) is 6.78. The molecule has 0 aromatic heterocycles. The van der Waals surface area contributed by atoms with E-state index in [1.165, 1.54) is 6.07 Å². The molecule has 20 heavy (non-hydrogen) atoms. The van der Waals surface area contributed by atoms with Crippen molar-refractivity contribution in [2.45, 2.75) is 19.8 Å². The minimum Gasteiger partial charge on any atom is -0.466 e. The lowest BCUT2D eigenvalue weighted by molar-refractivity contribution is -0.384.